The third-order valence-electron chi connectivity index (χ3n) is 12.3. The van der Waals surface area contributed by atoms with Crippen LogP contribution in [0.4, 0.5) is 0 Å². The van der Waals surface area contributed by atoms with E-state index in [2.05, 4.69) is 4.90 Å². The Hall–Kier alpha value is -1.06. The van der Waals surface area contributed by atoms with E-state index in [4.69, 9.17) is 4.74 Å². The van der Waals surface area contributed by atoms with E-state index in [9.17, 15) is 9.59 Å². The van der Waals surface area contributed by atoms with E-state index in [-0.39, 0.29) is 11.4 Å². The fourth-order valence-electron chi connectivity index (χ4n) is 11.3. The summed E-state index contributed by atoms with van der Waals surface area (Å²) in [5.41, 5.74) is 0.630. The predicted octanol–water partition coefficient (Wildman–Crippen LogP) is 5.20. The summed E-state index contributed by atoms with van der Waals surface area (Å²) in [6.07, 6.45) is 17.7. The van der Waals surface area contributed by atoms with Crippen molar-refractivity contribution >= 4 is 11.9 Å². The Morgan fingerprint density at radius 2 is 1.62 bits per heavy atom. The minimum absolute atomic E-state index is 0.120. The number of likely N-dealkylation sites (tertiary alicyclic amines) is 1. The average molecular weight is 440 g/mol. The van der Waals surface area contributed by atoms with Crippen molar-refractivity contribution in [3.05, 3.63) is 0 Å². The zero-order valence-corrected chi connectivity index (χ0v) is 19.9. The molecule has 0 spiro atoms. The molecule has 0 N–H and O–H groups in total. The molecule has 7 rings (SSSR count). The molecule has 6 bridgehead atoms. The number of methoxy groups -OCH3 is 1. The molecule has 0 aromatic rings. The van der Waals surface area contributed by atoms with Crippen molar-refractivity contribution in [1.82, 2.24) is 4.90 Å². The Balaban J connectivity index is 1.21. The quantitative estimate of drug-likeness (QED) is 0.568. The van der Waals surface area contributed by atoms with Crippen LogP contribution in [0.3, 0.4) is 0 Å². The molecule has 1 amide bonds. The summed E-state index contributed by atoms with van der Waals surface area (Å²) in [6, 6.07) is 0. The molecule has 7 fully saturated rings. The van der Waals surface area contributed by atoms with Crippen LogP contribution >= 0.6 is 0 Å². The van der Waals surface area contributed by atoms with Crippen molar-refractivity contribution in [3.63, 3.8) is 0 Å². The molecule has 1 aliphatic heterocycles. The van der Waals surface area contributed by atoms with Crippen LogP contribution in [-0.2, 0) is 14.3 Å². The molecular formula is C28H41NO3. The normalized spacial score (nSPS) is 53.0. The van der Waals surface area contributed by atoms with E-state index >= 15 is 0 Å². The van der Waals surface area contributed by atoms with Crippen LogP contribution in [-0.4, -0.2) is 37.0 Å². The van der Waals surface area contributed by atoms with Crippen molar-refractivity contribution < 1.29 is 14.3 Å². The Bertz CT molecular complexity index is 833. The van der Waals surface area contributed by atoms with Gasteiger partial charge >= 0.3 is 5.97 Å². The minimum atomic E-state index is -0.185. The average Bonchev–Trinajstić information content (AvgIpc) is 3.02. The first-order chi connectivity index (χ1) is 15.5. The minimum Gasteiger partial charge on any atom is -0.469 e. The monoisotopic (exact) mass is 439 g/mol. The molecule has 32 heavy (non-hydrogen) atoms. The number of nitrogens with zero attached hydrogens (tertiary/aromatic N) is 1. The number of carbonyl (C=O) groups is 2. The van der Waals surface area contributed by atoms with E-state index in [1.807, 2.05) is 0 Å². The van der Waals surface area contributed by atoms with Gasteiger partial charge in [-0.25, -0.2) is 0 Å². The fraction of sp³-hybridized carbons (Fsp3) is 0.929. The standard InChI is InChI=1S/C28H41NO3/c1-32-25(31)28-5-2-4-18-10-23(28)16-27(12-18,17-28)26-13-19-8-20(24(30)29-6-3-7-29)11-22(15-26)21(9-19)14-26/h18-23H,2-17H2,1H3. The second kappa shape index (κ2) is 6.75. The third-order valence-corrected chi connectivity index (χ3v) is 12.3. The van der Waals surface area contributed by atoms with Crippen molar-refractivity contribution in [3.8, 4) is 0 Å². The molecule has 1 saturated heterocycles. The maximum Gasteiger partial charge on any atom is 0.312 e. The summed E-state index contributed by atoms with van der Waals surface area (Å²) in [4.78, 5) is 28.5. The highest BCUT2D eigenvalue weighted by atomic mass is 16.5. The Morgan fingerprint density at radius 1 is 0.844 bits per heavy atom. The summed E-state index contributed by atoms with van der Waals surface area (Å²) in [6.45, 7) is 2.00. The zero-order chi connectivity index (χ0) is 21.7. The molecule has 0 aromatic carbocycles. The van der Waals surface area contributed by atoms with Crippen LogP contribution in [0.25, 0.3) is 0 Å². The number of esters is 1. The molecule has 1 heterocycles. The summed E-state index contributed by atoms with van der Waals surface area (Å²) < 4.78 is 5.50. The van der Waals surface area contributed by atoms with Crippen molar-refractivity contribution in [2.75, 3.05) is 20.2 Å². The zero-order valence-electron chi connectivity index (χ0n) is 19.9. The maximum absolute atomic E-state index is 13.3. The van der Waals surface area contributed by atoms with Gasteiger partial charge in [0.2, 0.25) is 5.91 Å². The molecule has 9 atom stereocenters. The van der Waals surface area contributed by atoms with Gasteiger partial charge in [0.25, 0.3) is 0 Å². The van der Waals surface area contributed by atoms with Crippen molar-refractivity contribution in [2.45, 2.75) is 89.9 Å². The second-order valence-electron chi connectivity index (χ2n) is 13.6. The molecule has 7 aliphatic rings. The van der Waals surface area contributed by atoms with E-state index in [0.717, 1.165) is 62.4 Å². The number of rotatable bonds is 3. The van der Waals surface area contributed by atoms with E-state index in [0.29, 0.717) is 28.6 Å². The lowest BCUT2D eigenvalue weighted by Gasteiger charge is -2.55. The van der Waals surface area contributed by atoms with Gasteiger partial charge in [-0.2, -0.15) is 0 Å². The summed E-state index contributed by atoms with van der Waals surface area (Å²) in [5.74, 6) is 4.62. The lowest BCUT2D eigenvalue weighted by atomic mass is 9.50. The summed E-state index contributed by atoms with van der Waals surface area (Å²) >= 11 is 0. The van der Waals surface area contributed by atoms with E-state index < -0.39 is 0 Å². The molecule has 0 radical (unpaired) electrons. The van der Waals surface area contributed by atoms with Crippen LogP contribution in [0.15, 0.2) is 0 Å². The summed E-state index contributed by atoms with van der Waals surface area (Å²) in [7, 11) is 1.62. The van der Waals surface area contributed by atoms with Gasteiger partial charge in [-0.05, 0) is 117 Å². The second-order valence-corrected chi connectivity index (χ2v) is 13.6. The Kier molecular flexibility index (Phi) is 4.29. The number of carbonyl (C=O) groups excluding carboxylic acids is 2. The largest absolute Gasteiger partial charge is 0.469 e. The van der Waals surface area contributed by atoms with Gasteiger partial charge in [0, 0.05) is 19.0 Å². The van der Waals surface area contributed by atoms with Crippen LogP contribution in [0.2, 0.25) is 0 Å². The van der Waals surface area contributed by atoms with E-state index in [1.54, 1.807) is 7.11 Å². The van der Waals surface area contributed by atoms with Crippen molar-refractivity contribution in [2.24, 2.45) is 51.8 Å². The maximum atomic E-state index is 13.3. The van der Waals surface area contributed by atoms with Crippen LogP contribution in [0, 0.1) is 51.8 Å². The third kappa shape index (κ3) is 2.56. The number of fused-ring (bicyclic) bond motifs is 5. The SMILES string of the molecule is COC(=O)C12CCCC3CC1CC(C14CC5CC(C(=O)N6CCC6)CC(C1)C(C5)C4)(C3)C2. The molecule has 9 unspecified atom stereocenters. The van der Waals surface area contributed by atoms with Gasteiger partial charge in [-0.3, -0.25) is 9.59 Å². The molecule has 4 heteroatoms. The van der Waals surface area contributed by atoms with Gasteiger partial charge in [-0.15, -0.1) is 0 Å². The van der Waals surface area contributed by atoms with Crippen LogP contribution < -0.4 is 0 Å². The molecule has 6 saturated carbocycles. The number of hydrogen-bond donors (Lipinski definition) is 0. The van der Waals surface area contributed by atoms with Crippen LogP contribution in [0.5, 0.6) is 0 Å². The first-order valence-electron chi connectivity index (χ1n) is 13.8. The topological polar surface area (TPSA) is 46.6 Å². The highest BCUT2D eigenvalue weighted by Gasteiger charge is 2.71. The number of amides is 1. The highest BCUT2D eigenvalue weighted by Crippen LogP contribution is 2.78. The number of ether oxygens (including phenoxy) is 1. The lowest BCUT2D eigenvalue weighted by Crippen LogP contribution is -2.48. The Labute approximate surface area is 193 Å². The number of hydrogen-bond acceptors (Lipinski definition) is 3. The van der Waals surface area contributed by atoms with Crippen LogP contribution in [0.1, 0.15) is 89.9 Å². The van der Waals surface area contributed by atoms with Gasteiger partial charge in [0.1, 0.15) is 0 Å². The highest BCUT2D eigenvalue weighted by molar-refractivity contribution is 5.79. The smallest absolute Gasteiger partial charge is 0.312 e. The molecule has 4 nitrogen and oxygen atoms in total. The fourth-order valence-corrected chi connectivity index (χ4v) is 11.3. The summed E-state index contributed by atoms with van der Waals surface area (Å²) in [5, 5.41) is 0. The van der Waals surface area contributed by atoms with Crippen molar-refractivity contribution in [1.29, 1.82) is 0 Å². The van der Waals surface area contributed by atoms with Gasteiger partial charge in [0.15, 0.2) is 0 Å². The first-order valence-corrected chi connectivity index (χ1v) is 13.8. The van der Waals surface area contributed by atoms with Gasteiger partial charge in [-0.1, -0.05) is 12.8 Å². The Morgan fingerprint density at radius 3 is 2.38 bits per heavy atom. The lowest BCUT2D eigenvalue weighted by molar-refractivity contribution is -0.156. The molecular weight excluding hydrogens is 398 g/mol. The molecule has 0 aromatic heterocycles. The van der Waals surface area contributed by atoms with Gasteiger partial charge < -0.3 is 9.64 Å². The molecule has 6 aliphatic carbocycles. The molecule has 176 valence electrons. The van der Waals surface area contributed by atoms with E-state index in [1.165, 1.54) is 64.2 Å². The van der Waals surface area contributed by atoms with Gasteiger partial charge in [0.05, 0.1) is 12.5 Å². The first kappa shape index (κ1) is 20.3. The predicted molar refractivity (Wildman–Crippen MR) is 121 cm³/mol.